The minimum atomic E-state index is -0.460. The van der Waals surface area contributed by atoms with Gasteiger partial charge in [0.05, 0.1) is 29.4 Å². The third-order valence-corrected chi connectivity index (χ3v) is 5.67. The molecule has 0 bridgehead atoms. The first-order valence-corrected chi connectivity index (χ1v) is 9.77. The number of ether oxygens (including phenoxy) is 2. The van der Waals surface area contributed by atoms with E-state index in [0.29, 0.717) is 33.3 Å². The number of non-ortho nitro benzene ring substituents is 1. The van der Waals surface area contributed by atoms with Crippen LogP contribution in [0, 0.1) is 10.1 Å². The van der Waals surface area contributed by atoms with Crippen molar-refractivity contribution in [3.8, 4) is 11.5 Å². The number of fused-ring (bicyclic) bond motifs is 1. The molecule has 1 aromatic heterocycles. The maximum Gasteiger partial charge on any atom is 0.270 e. The molecular weight excluding hydrogens is 450 g/mol. The van der Waals surface area contributed by atoms with E-state index in [1.165, 1.54) is 23.5 Å². The fourth-order valence-corrected chi connectivity index (χ4v) is 4.03. The number of benzene rings is 2. The van der Waals surface area contributed by atoms with Crippen LogP contribution < -0.4 is 14.8 Å². The number of amides is 1. The number of anilines is 1. The second kappa shape index (κ2) is 8.53. The number of carbonyl (C=O) groups is 1. The number of aromatic nitrogens is 1. The molecule has 1 N–H and O–H groups in total. The van der Waals surface area contributed by atoms with Crippen molar-refractivity contribution in [1.82, 2.24) is 4.98 Å². The van der Waals surface area contributed by atoms with Gasteiger partial charge in [-0.05, 0) is 30.2 Å². The lowest BCUT2D eigenvalue weighted by Gasteiger charge is -2.11. The standard InChI is InChI=1S/C18H16BrN3O5S/c1-26-14-7-10(12(19)9-15(14)27-2)3-6-17(23)21-18-20-13-5-4-11(22(24)25)8-16(13)28-18/h4-5,7-9H,3,6H2,1-2H3,(H,20,21,23). The molecule has 3 aromatic rings. The van der Waals surface area contributed by atoms with Gasteiger partial charge in [0.15, 0.2) is 16.6 Å². The van der Waals surface area contributed by atoms with E-state index in [0.717, 1.165) is 10.0 Å². The van der Waals surface area contributed by atoms with Crippen molar-refractivity contribution in [3.05, 3.63) is 50.5 Å². The first-order chi connectivity index (χ1) is 13.4. The van der Waals surface area contributed by atoms with Gasteiger partial charge in [0.25, 0.3) is 5.69 Å². The summed E-state index contributed by atoms with van der Waals surface area (Å²) in [5, 5.41) is 14.0. The van der Waals surface area contributed by atoms with Crippen LogP contribution in [0.1, 0.15) is 12.0 Å². The highest BCUT2D eigenvalue weighted by molar-refractivity contribution is 9.10. The Hall–Kier alpha value is -2.72. The molecule has 0 atom stereocenters. The number of halogens is 1. The number of hydrogen-bond acceptors (Lipinski definition) is 7. The SMILES string of the molecule is COc1cc(Br)c(CCC(=O)Nc2nc3ccc([N+](=O)[O-])cc3s2)cc1OC. The van der Waals surface area contributed by atoms with Gasteiger partial charge in [0.1, 0.15) is 0 Å². The summed E-state index contributed by atoms with van der Waals surface area (Å²) in [6.45, 7) is 0. The highest BCUT2D eigenvalue weighted by Crippen LogP contribution is 2.34. The minimum absolute atomic E-state index is 0.00710. The molecule has 1 heterocycles. The Morgan fingerprint density at radius 2 is 1.96 bits per heavy atom. The van der Waals surface area contributed by atoms with Crippen LogP contribution in [0.5, 0.6) is 11.5 Å². The third kappa shape index (κ3) is 4.39. The van der Waals surface area contributed by atoms with E-state index in [2.05, 4.69) is 26.2 Å². The van der Waals surface area contributed by atoms with Crippen LogP contribution in [-0.4, -0.2) is 30.0 Å². The van der Waals surface area contributed by atoms with E-state index in [4.69, 9.17) is 9.47 Å². The van der Waals surface area contributed by atoms with Crippen LogP contribution in [0.4, 0.5) is 10.8 Å². The van der Waals surface area contributed by atoms with Crippen LogP contribution in [0.3, 0.4) is 0 Å². The van der Waals surface area contributed by atoms with Crippen molar-refractivity contribution < 1.29 is 19.2 Å². The van der Waals surface area contributed by atoms with Crippen LogP contribution >= 0.6 is 27.3 Å². The van der Waals surface area contributed by atoms with Gasteiger partial charge in [0.2, 0.25) is 5.91 Å². The molecule has 0 aliphatic rings. The summed E-state index contributed by atoms with van der Waals surface area (Å²) in [6.07, 6.45) is 0.729. The average molecular weight is 466 g/mol. The van der Waals surface area contributed by atoms with E-state index in [9.17, 15) is 14.9 Å². The van der Waals surface area contributed by atoms with E-state index in [-0.39, 0.29) is 18.0 Å². The molecule has 1 amide bonds. The van der Waals surface area contributed by atoms with Gasteiger partial charge in [0, 0.05) is 23.0 Å². The first-order valence-electron chi connectivity index (χ1n) is 8.16. The molecule has 0 spiro atoms. The Morgan fingerprint density at radius 1 is 1.25 bits per heavy atom. The maximum absolute atomic E-state index is 12.3. The molecule has 2 aromatic carbocycles. The largest absolute Gasteiger partial charge is 0.493 e. The minimum Gasteiger partial charge on any atom is -0.493 e. The Morgan fingerprint density at radius 3 is 2.64 bits per heavy atom. The Labute approximate surface area is 172 Å². The van der Waals surface area contributed by atoms with Crippen LogP contribution in [-0.2, 0) is 11.2 Å². The van der Waals surface area contributed by atoms with Crippen LogP contribution in [0.25, 0.3) is 10.2 Å². The van der Waals surface area contributed by atoms with Gasteiger partial charge in [-0.2, -0.15) is 0 Å². The van der Waals surface area contributed by atoms with Gasteiger partial charge >= 0.3 is 0 Å². The number of thiazole rings is 1. The normalized spacial score (nSPS) is 10.7. The highest BCUT2D eigenvalue weighted by Gasteiger charge is 2.14. The zero-order chi connectivity index (χ0) is 20.3. The Kier molecular flexibility index (Phi) is 6.10. The lowest BCUT2D eigenvalue weighted by molar-refractivity contribution is -0.384. The van der Waals surface area contributed by atoms with E-state index in [1.54, 1.807) is 26.4 Å². The first kappa shape index (κ1) is 20.0. The molecule has 146 valence electrons. The van der Waals surface area contributed by atoms with Crippen molar-refractivity contribution in [1.29, 1.82) is 0 Å². The monoisotopic (exact) mass is 465 g/mol. The number of carbonyl (C=O) groups excluding carboxylic acids is 1. The summed E-state index contributed by atoms with van der Waals surface area (Å²) in [4.78, 5) is 27.0. The molecule has 0 fully saturated rings. The lowest BCUT2D eigenvalue weighted by Crippen LogP contribution is -2.12. The molecule has 0 saturated carbocycles. The third-order valence-electron chi connectivity index (χ3n) is 4.00. The van der Waals surface area contributed by atoms with Crippen LogP contribution in [0.15, 0.2) is 34.8 Å². The van der Waals surface area contributed by atoms with E-state index < -0.39 is 4.92 Å². The summed E-state index contributed by atoms with van der Waals surface area (Å²) < 4.78 is 12.0. The smallest absolute Gasteiger partial charge is 0.270 e. The number of nitrogens with zero attached hydrogens (tertiary/aromatic N) is 2. The number of nitro groups is 1. The number of methoxy groups -OCH3 is 2. The molecule has 8 nitrogen and oxygen atoms in total. The second-order valence-electron chi connectivity index (χ2n) is 5.77. The summed E-state index contributed by atoms with van der Waals surface area (Å²) in [5.41, 5.74) is 1.51. The topological polar surface area (TPSA) is 104 Å². The molecule has 0 aliphatic heterocycles. The molecule has 0 saturated heterocycles. The predicted molar refractivity (Wildman–Crippen MR) is 110 cm³/mol. The van der Waals surface area contributed by atoms with Crippen molar-refractivity contribution in [2.75, 3.05) is 19.5 Å². The van der Waals surface area contributed by atoms with E-state index >= 15 is 0 Å². The Bertz CT molecular complexity index is 1050. The summed E-state index contributed by atoms with van der Waals surface area (Å²) >= 11 is 4.68. The van der Waals surface area contributed by atoms with Crippen molar-refractivity contribution in [2.45, 2.75) is 12.8 Å². The summed E-state index contributed by atoms with van der Waals surface area (Å²) in [6, 6.07) is 8.03. The molecule has 0 unspecified atom stereocenters. The fraction of sp³-hybridized carbons (Fsp3) is 0.222. The lowest BCUT2D eigenvalue weighted by atomic mass is 10.1. The molecule has 0 radical (unpaired) electrons. The van der Waals surface area contributed by atoms with Crippen molar-refractivity contribution >= 4 is 54.2 Å². The Balaban J connectivity index is 1.68. The maximum atomic E-state index is 12.3. The number of hydrogen-bond donors (Lipinski definition) is 1. The van der Waals surface area contributed by atoms with Gasteiger partial charge < -0.3 is 14.8 Å². The predicted octanol–water partition coefficient (Wildman–Crippen LogP) is 4.56. The zero-order valence-corrected chi connectivity index (χ0v) is 17.4. The number of nitrogens with one attached hydrogen (secondary N) is 1. The quantitative estimate of drug-likeness (QED) is 0.405. The van der Waals surface area contributed by atoms with Crippen LogP contribution in [0.2, 0.25) is 0 Å². The number of nitro benzene ring substituents is 1. The van der Waals surface area contributed by atoms with Gasteiger partial charge in [-0.1, -0.05) is 27.3 Å². The zero-order valence-electron chi connectivity index (χ0n) is 15.0. The summed E-state index contributed by atoms with van der Waals surface area (Å²) in [7, 11) is 3.11. The molecule has 28 heavy (non-hydrogen) atoms. The molecular formula is C18H16BrN3O5S. The molecule has 3 rings (SSSR count). The van der Waals surface area contributed by atoms with Crippen molar-refractivity contribution in [2.24, 2.45) is 0 Å². The van der Waals surface area contributed by atoms with Crippen molar-refractivity contribution in [3.63, 3.8) is 0 Å². The van der Waals surface area contributed by atoms with Gasteiger partial charge in [-0.3, -0.25) is 14.9 Å². The summed E-state index contributed by atoms with van der Waals surface area (Å²) in [5.74, 6) is 0.996. The molecule has 0 aliphatic carbocycles. The van der Waals surface area contributed by atoms with Gasteiger partial charge in [-0.25, -0.2) is 4.98 Å². The van der Waals surface area contributed by atoms with Gasteiger partial charge in [-0.15, -0.1) is 0 Å². The number of aryl methyl sites for hydroxylation is 1. The molecule has 10 heteroatoms. The highest BCUT2D eigenvalue weighted by atomic mass is 79.9. The average Bonchev–Trinajstić information content (AvgIpc) is 3.07. The van der Waals surface area contributed by atoms with E-state index in [1.807, 2.05) is 6.07 Å². The second-order valence-corrected chi connectivity index (χ2v) is 7.66. The number of rotatable bonds is 7. The fourth-order valence-electron chi connectivity index (χ4n) is 2.60.